The van der Waals surface area contributed by atoms with Crippen LogP contribution in [0.3, 0.4) is 0 Å². The van der Waals surface area contributed by atoms with Crippen molar-refractivity contribution in [2.45, 2.75) is 50.4 Å². The molecule has 2 aliphatic rings. The molecule has 1 saturated carbocycles. The third kappa shape index (κ3) is 4.56. The molecule has 3 heterocycles. The number of aromatic amines is 1. The number of ether oxygens (including phenoxy) is 1. The van der Waals surface area contributed by atoms with Crippen molar-refractivity contribution in [1.82, 2.24) is 25.4 Å². The van der Waals surface area contributed by atoms with Crippen molar-refractivity contribution in [3.05, 3.63) is 72.2 Å². The van der Waals surface area contributed by atoms with Gasteiger partial charge in [0.2, 0.25) is 0 Å². The number of benzene rings is 1. The van der Waals surface area contributed by atoms with Crippen LogP contribution in [0, 0.1) is 0 Å². The molecule has 1 aliphatic heterocycles. The van der Waals surface area contributed by atoms with E-state index in [1.54, 1.807) is 0 Å². The lowest BCUT2D eigenvalue weighted by molar-refractivity contribution is -0.145. The molecule has 31 heavy (non-hydrogen) atoms. The zero-order valence-electron chi connectivity index (χ0n) is 18.0. The van der Waals surface area contributed by atoms with E-state index in [1.807, 2.05) is 30.7 Å². The maximum absolute atomic E-state index is 6.53. The van der Waals surface area contributed by atoms with Gasteiger partial charge in [0, 0.05) is 50.2 Å². The summed E-state index contributed by atoms with van der Waals surface area (Å²) in [5.41, 5.74) is 4.67. The molecule has 2 fully saturated rings. The molecule has 6 heteroatoms. The Labute approximate surface area is 184 Å². The van der Waals surface area contributed by atoms with Crippen molar-refractivity contribution < 1.29 is 4.74 Å². The smallest absolute Gasteiger partial charge is 0.0961 e. The average molecular weight is 418 g/mol. The van der Waals surface area contributed by atoms with Crippen LogP contribution in [0.15, 0.2) is 61.1 Å². The van der Waals surface area contributed by atoms with E-state index in [4.69, 9.17) is 4.74 Å². The highest BCUT2D eigenvalue weighted by Gasteiger charge is 2.45. The summed E-state index contributed by atoms with van der Waals surface area (Å²) in [5.74, 6) is 0. The Hall–Kier alpha value is -2.54. The SMILES string of the molecule is c1ccc(-c2[nH]ncc2CN2CCOC3(CCCCC3NCc3cccnc3)C2)cc1. The summed E-state index contributed by atoms with van der Waals surface area (Å²) in [5, 5.41) is 11.4. The van der Waals surface area contributed by atoms with E-state index in [0.717, 1.165) is 51.3 Å². The molecule has 2 unspecified atom stereocenters. The van der Waals surface area contributed by atoms with Crippen LogP contribution in [0.4, 0.5) is 0 Å². The number of aromatic nitrogens is 3. The maximum Gasteiger partial charge on any atom is 0.0961 e. The number of nitrogens with zero attached hydrogens (tertiary/aromatic N) is 3. The van der Waals surface area contributed by atoms with Crippen LogP contribution >= 0.6 is 0 Å². The summed E-state index contributed by atoms with van der Waals surface area (Å²) in [6.45, 7) is 4.42. The fourth-order valence-electron chi connectivity index (χ4n) is 5.15. The second kappa shape index (κ2) is 9.30. The van der Waals surface area contributed by atoms with Crippen LogP contribution in [-0.2, 0) is 17.8 Å². The summed E-state index contributed by atoms with van der Waals surface area (Å²) in [6.07, 6.45) is 10.5. The van der Waals surface area contributed by atoms with Crippen molar-refractivity contribution in [3.63, 3.8) is 0 Å². The molecular formula is C25H31N5O. The zero-order chi connectivity index (χ0) is 20.9. The fraction of sp³-hybridized carbons (Fsp3) is 0.440. The first-order valence-electron chi connectivity index (χ1n) is 11.4. The van der Waals surface area contributed by atoms with Crippen molar-refractivity contribution in [2.24, 2.45) is 0 Å². The predicted molar refractivity (Wildman–Crippen MR) is 121 cm³/mol. The molecule has 2 N–H and O–H groups in total. The van der Waals surface area contributed by atoms with Gasteiger partial charge in [-0.1, -0.05) is 49.2 Å². The van der Waals surface area contributed by atoms with Crippen LogP contribution in [-0.4, -0.2) is 51.4 Å². The molecule has 1 aromatic carbocycles. The molecule has 0 radical (unpaired) electrons. The Morgan fingerprint density at radius 3 is 2.94 bits per heavy atom. The standard InChI is InChI=1S/C25H31N5O/c1-2-8-21(9-3-1)24-22(17-28-29-24)18-30-13-14-31-25(19-30)11-5-4-10-23(25)27-16-20-7-6-12-26-15-20/h1-3,6-9,12,15,17,23,27H,4-5,10-11,13-14,16,18-19H2,(H,28,29). The van der Waals surface area contributed by atoms with E-state index in [2.05, 4.69) is 55.7 Å². The van der Waals surface area contributed by atoms with Gasteiger partial charge in [-0.15, -0.1) is 0 Å². The third-order valence-corrected chi connectivity index (χ3v) is 6.72. The van der Waals surface area contributed by atoms with Gasteiger partial charge in [-0.2, -0.15) is 5.10 Å². The topological polar surface area (TPSA) is 66.1 Å². The molecule has 3 aromatic rings. The first-order chi connectivity index (χ1) is 15.3. The van der Waals surface area contributed by atoms with Gasteiger partial charge >= 0.3 is 0 Å². The van der Waals surface area contributed by atoms with Gasteiger partial charge in [-0.25, -0.2) is 0 Å². The molecule has 0 amide bonds. The molecule has 1 spiro atoms. The van der Waals surface area contributed by atoms with Crippen LogP contribution in [0.25, 0.3) is 11.3 Å². The Kier molecular flexibility index (Phi) is 6.11. The van der Waals surface area contributed by atoms with Gasteiger partial charge in [-0.05, 0) is 30.0 Å². The summed E-state index contributed by atoms with van der Waals surface area (Å²) < 4.78 is 6.53. The zero-order valence-corrected chi connectivity index (χ0v) is 18.0. The van der Waals surface area contributed by atoms with Crippen LogP contribution in [0.1, 0.15) is 36.8 Å². The quantitative estimate of drug-likeness (QED) is 0.639. The third-order valence-electron chi connectivity index (χ3n) is 6.72. The van der Waals surface area contributed by atoms with Gasteiger partial charge < -0.3 is 10.1 Å². The van der Waals surface area contributed by atoms with Gasteiger partial charge in [0.25, 0.3) is 0 Å². The molecular weight excluding hydrogens is 386 g/mol. The lowest BCUT2D eigenvalue weighted by atomic mass is 9.78. The molecule has 0 bridgehead atoms. The molecule has 2 atom stereocenters. The Morgan fingerprint density at radius 2 is 2.06 bits per heavy atom. The second-order valence-corrected chi connectivity index (χ2v) is 8.80. The lowest BCUT2D eigenvalue weighted by Crippen LogP contribution is -2.63. The number of rotatable bonds is 6. The molecule has 1 aliphatic carbocycles. The van der Waals surface area contributed by atoms with E-state index in [0.29, 0.717) is 6.04 Å². The number of hydrogen-bond donors (Lipinski definition) is 2. The highest BCUT2D eigenvalue weighted by molar-refractivity contribution is 5.62. The molecule has 5 rings (SSSR count). The van der Waals surface area contributed by atoms with Crippen LogP contribution < -0.4 is 5.32 Å². The monoisotopic (exact) mass is 417 g/mol. The van der Waals surface area contributed by atoms with E-state index in [-0.39, 0.29) is 5.60 Å². The molecule has 1 saturated heterocycles. The summed E-state index contributed by atoms with van der Waals surface area (Å²) >= 11 is 0. The Balaban J connectivity index is 1.29. The molecule has 6 nitrogen and oxygen atoms in total. The predicted octanol–water partition coefficient (Wildman–Crippen LogP) is 3.78. The minimum Gasteiger partial charge on any atom is -0.371 e. The number of morpholine rings is 1. The number of pyridine rings is 1. The van der Waals surface area contributed by atoms with Gasteiger partial charge in [0.1, 0.15) is 0 Å². The van der Waals surface area contributed by atoms with Crippen molar-refractivity contribution in [3.8, 4) is 11.3 Å². The minimum atomic E-state index is -0.116. The Morgan fingerprint density at radius 1 is 1.13 bits per heavy atom. The first kappa shape index (κ1) is 20.4. The normalized spacial score (nSPS) is 24.5. The average Bonchev–Trinajstić information content (AvgIpc) is 3.28. The van der Waals surface area contributed by atoms with Gasteiger partial charge in [0.15, 0.2) is 0 Å². The van der Waals surface area contributed by atoms with E-state index >= 15 is 0 Å². The summed E-state index contributed by atoms with van der Waals surface area (Å²) in [6, 6.07) is 15.0. The highest BCUT2D eigenvalue weighted by atomic mass is 16.5. The van der Waals surface area contributed by atoms with Gasteiger partial charge in [0.05, 0.1) is 24.1 Å². The largest absolute Gasteiger partial charge is 0.371 e. The van der Waals surface area contributed by atoms with Gasteiger partial charge in [-0.3, -0.25) is 15.0 Å². The van der Waals surface area contributed by atoms with Crippen molar-refractivity contribution >= 4 is 0 Å². The number of nitrogens with one attached hydrogen (secondary N) is 2. The summed E-state index contributed by atoms with van der Waals surface area (Å²) in [4.78, 5) is 6.80. The number of hydrogen-bond acceptors (Lipinski definition) is 5. The highest BCUT2D eigenvalue weighted by Crippen LogP contribution is 2.36. The lowest BCUT2D eigenvalue weighted by Gasteiger charge is -2.50. The van der Waals surface area contributed by atoms with Crippen molar-refractivity contribution in [1.29, 1.82) is 0 Å². The van der Waals surface area contributed by atoms with Crippen LogP contribution in [0.5, 0.6) is 0 Å². The second-order valence-electron chi connectivity index (χ2n) is 8.80. The molecule has 162 valence electrons. The Bertz CT molecular complexity index is 956. The van der Waals surface area contributed by atoms with E-state index in [1.165, 1.54) is 29.5 Å². The number of H-pyrrole nitrogens is 1. The van der Waals surface area contributed by atoms with Crippen LogP contribution in [0.2, 0.25) is 0 Å². The van der Waals surface area contributed by atoms with E-state index < -0.39 is 0 Å². The van der Waals surface area contributed by atoms with E-state index in [9.17, 15) is 0 Å². The maximum atomic E-state index is 6.53. The molecule has 2 aromatic heterocycles. The first-order valence-corrected chi connectivity index (χ1v) is 11.4. The van der Waals surface area contributed by atoms with Crippen molar-refractivity contribution in [2.75, 3.05) is 19.7 Å². The fourth-order valence-corrected chi connectivity index (χ4v) is 5.15. The summed E-state index contributed by atoms with van der Waals surface area (Å²) in [7, 11) is 0. The minimum absolute atomic E-state index is 0.116.